The summed E-state index contributed by atoms with van der Waals surface area (Å²) in [5.41, 5.74) is 1.47. The lowest BCUT2D eigenvalue weighted by molar-refractivity contribution is 0.380. The van der Waals surface area contributed by atoms with Crippen LogP contribution in [0.3, 0.4) is 0 Å². The van der Waals surface area contributed by atoms with Crippen LogP contribution in [-0.2, 0) is 0 Å². The van der Waals surface area contributed by atoms with Crippen molar-refractivity contribution >= 4 is 11.8 Å². The van der Waals surface area contributed by atoms with Crippen molar-refractivity contribution in [2.24, 2.45) is 0 Å². The van der Waals surface area contributed by atoms with Crippen LogP contribution in [-0.4, -0.2) is 29.5 Å². The van der Waals surface area contributed by atoms with Crippen LogP contribution >= 0.6 is 11.8 Å². The Morgan fingerprint density at radius 1 is 1.45 bits per heavy atom. The standard InChI is InChI=1S/C9H17NS/c1-3-4-9(2)10-5-7-11-8-6-10/h4H,3,5-8H2,1-2H3/b9-4-. The molecule has 0 aliphatic carbocycles. The van der Waals surface area contributed by atoms with Crippen LogP contribution in [0.4, 0.5) is 0 Å². The fraction of sp³-hybridized carbons (Fsp3) is 0.778. The van der Waals surface area contributed by atoms with Crippen LogP contribution in [0.25, 0.3) is 0 Å². The average Bonchev–Trinajstić information content (AvgIpc) is 2.07. The predicted molar refractivity (Wildman–Crippen MR) is 52.9 cm³/mol. The van der Waals surface area contributed by atoms with Gasteiger partial charge in [0.1, 0.15) is 0 Å². The molecule has 0 amide bonds. The van der Waals surface area contributed by atoms with Gasteiger partial charge in [-0.25, -0.2) is 0 Å². The van der Waals surface area contributed by atoms with Gasteiger partial charge in [0.15, 0.2) is 0 Å². The van der Waals surface area contributed by atoms with Crippen molar-refractivity contribution in [2.75, 3.05) is 24.6 Å². The van der Waals surface area contributed by atoms with Crippen LogP contribution in [0.5, 0.6) is 0 Å². The first-order chi connectivity index (χ1) is 5.34. The van der Waals surface area contributed by atoms with Crippen LogP contribution in [0.15, 0.2) is 11.8 Å². The molecule has 64 valence electrons. The van der Waals surface area contributed by atoms with Crippen molar-refractivity contribution in [1.29, 1.82) is 0 Å². The topological polar surface area (TPSA) is 3.24 Å². The normalized spacial score (nSPS) is 20.5. The number of allylic oxidation sites excluding steroid dienone is 2. The highest BCUT2D eigenvalue weighted by atomic mass is 32.2. The molecule has 0 atom stereocenters. The fourth-order valence-corrected chi connectivity index (χ4v) is 2.24. The Morgan fingerprint density at radius 3 is 2.64 bits per heavy atom. The fourth-order valence-electron chi connectivity index (χ4n) is 1.34. The van der Waals surface area contributed by atoms with E-state index in [2.05, 4.69) is 36.6 Å². The Bertz CT molecular complexity index is 136. The number of thioether (sulfide) groups is 1. The summed E-state index contributed by atoms with van der Waals surface area (Å²) in [6, 6.07) is 0. The first kappa shape index (κ1) is 8.98. The van der Waals surface area contributed by atoms with Crippen molar-refractivity contribution in [1.82, 2.24) is 4.90 Å². The molecular weight excluding hydrogens is 154 g/mol. The van der Waals surface area contributed by atoms with E-state index in [1.807, 2.05) is 0 Å². The van der Waals surface area contributed by atoms with Gasteiger partial charge in [-0.15, -0.1) is 0 Å². The highest BCUT2D eigenvalue weighted by molar-refractivity contribution is 7.99. The molecule has 2 heteroatoms. The molecule has 1 aliphatic rings. The second-order valence-electron chi connectivity index (χ2n) is 2.85. The quantitative estimate of drug-likeness (QED) is 0.627. The highest BCUT2D eigenvalue weighted by Crippen LogP contribution is 2.13. The van der Waals surface area contributed by atoms with Gasteiger partial charge in [0.2, 0.25) is 0 Å². The van der Waals surface area contributed by atoms with Crippen molar-refractivity contribution in [3.05, 3.63) is 11.8 Å². The average molecular weight is 171 g/mol. The Labute approximate surface area is 73.8 Å². The summed E-state index contributed by atoms with van der Waals surface area (Å²) in [5.74, 6) is 2.60. The second kappa shape index (κ2) is 4.70. The molecule has 0 aromatic heterocycles. The van der Waals surface area contributed by atoms with Gasteiger partial charge in [-0.3, -0.25) is 0 Å². The Morgan fingerprint density at radius 2 is 2.09 bits per heavy atom. The molecule has 0 radical (unpaired) electrons. The van der Waals surface area contributed by atoms with E-state index in [1.54, 1.807) is 0 Å². The molecule has 1 aliphatic heterocycles. The maximum Gasteiger partial charge on any atom is 0.0266 e. The minimum Gasteiger partial charge on any atom is -0.374 e. The largest absolute Gasteiger partial charge is 0.374 e. The third kappa shape index (κ3) is 2.78. The first-order valence-corrected chi connectivity index (χ1v) is 5.49. The van der Waals surface area contributed by atoms with Crippen molar-refractivity contribution in [2.45, 2.75) is 20.3 Å². The molecule has 0 aromatic carbocycles. The summed E-state index contributed by atoms with van der Waals surface area (Å²) in [6.45, 7) is 6.90. The van der Waals surface area contributed by atoms with Gasteiger partial charge in [-0.05, 0) is 13.3 Å². The summed E-state index contributed by atoms with van der Waals surface area (Å²) in [7, 11) is 0. The zero-order chi connectivity index (χ0) is 8.10. The molecule has 0 unspecified atom stereocenters. The Balaban J connectivity index is 2.38. The lowest BCUT2D eigenvalue weighted by Gasteiger charge is -2.29. The number of nitrogens with zero attached hydrogens (tertiary/aromatic N) is 1. The number of hydrogen-bond donors (Lipinski definition) is 0. The zero-order valence-corrected chi connectivity index (χ0v) is 8.28. The van der Waals surface area contributed by atoms with Crippen LogP contribution < -0.4 is 0 Å². The number of rotatable bonds is 2. The summed E-state index contributed by atoms with van der Waals surface area (Å²) in [4.78, 5) is 2.49. The summed E-state index contributed by atoms with van der Waals surface area (Å²) >= 11 is 2.07. The molecule has 0 aromatic rings. The van der Waals surface area contributed by atoms with Gasteiger partial charge >= 0.3 is 0 Å². The summed E-state index contributed by atoms with van der Waals surface area (Å²) < 4.78 is 0. The Kier molecular flexibility index (Phi) is 3.84. The van der Waals surface area contributed by atoms with Gasteiger partial charge in [0.25, 0.3) is 0 Å². The van der Waals surface area contributed by atoms with E-state index in [-0.39, 0.29) is 0 Å². The molecule has 0 N–H and O–H groups in total. The van der Waals surface area contributed by atoms with E-state index in [1.165, 1.54) is 30.3 Å². The smallest absolute Gasteiger partial charge is 0.0266 e. The molecule has 0 spiro atoms. The molecule has 0 bridgehead atoms. The van der Waals surface area contributed by atoms with Gasteiger partial charge < -0.3 is 4.90 Å². The predicted octanol–water partition coefficient (Wildman–Crippen LogP) is 2.35. The van der Waals surface area contributed by atoms with Crippen molar-refractivity contribution in [3.8, 4) is 0 Å². The second-order valence-corrected chi connectivity index (χ2v) is 4.08. The SMILES string of the molecule is CC/C=C(/C)N1CCSCC1. The Hall–Kier alpha value is -0.110. The van der Waals surface area contributed by atoms with Crippen molar-refractivity contribution < 1.29 is 0 Å². The lowest BCUT2D eigenvalue weighted by Crippen LogP contribution is -2.30. The van der Waals surface area contributed by atoms with E-state index in [0.29, 0.717) is 0 Å². The monoisotopic (exact) mass is 171 g/mol. The molecule has 1 heterocycles. The van der Waals surface area contributed by atoms with E-state index < -0.39 is 0 Å². The van der Waals surface area contributed by atoms with Gasteiger partial charge in [0, 0.05) is 30.3 Å². The summed E-state index contributed by atoms with van der Waals surface area (Å²) in [6.07, 6.45) is 3.48. The van der Waals surface area contributed by atoms with Crippen LogP contribution in [0, 0.1) is 0 Å². The van der Waals surface area contributed by atoms with E-state index in [9.17, 15) is 0 Å². The van der Waals surface area contributed by atoms with Crippen LogP contribution in [0.2, 0.25) is 0 Å². The molecule has 11 heavy (non-hydrogen) atoms. The van der Waals surface area contributed by atoms with Gasteiger partial charge in [-0.2, -0.15) is 11.8 Å². The maximum atomic E-state index is 2.49. The lowest BCUT2D eigenvalue weighted by atomic mass is 10.3. The summed E-state index contributed by atoms with van der Waals surface area (Å²) in [5, 5.41) is 0. The third-order valence-electron chi connectivity index (χ3n) is 2.01. The number of hydrogen-bond acceptors (Lipinski definition) is 2. The van der Waals surface area contributed by atoms with Gasteiger partial charge in [-0.1, -0.05) is 13.0 Å². The highest BCUT2D eigenvalue weighted by Gasteiger charge is 2.08. The molecule has 1 fully saturated rings. The minimum atomic E-state index is 1.16. The molecule has 1 saturated heterocycles. The van der Waals surface area contributed by atoms with E-state index in [0.717, 1.165) is 6.42 Å². The van der Waals surface area contributed by atoms with E-state index in [4.69, 9.17) is 0 Å². The molecule has 1 rings (SSSR count). The molecule has 0 saturated carbocycles. The maximum absolute atomic E-state index is 2.49. The van der Waals surface area contributed by atoms with Crippen molar-refractivity contribution in [3.63, 3.8) is 0 Å². The first-order valence-electron chi connectivity index (χ1n) is 4.34. The zero-order valence-electron chi connectivity index (χ0n) is 7.47. The van der Waals surface area contributed by atoms with E-state index >= 15 is 0 Å². The molecule has 1 nitrogen and oxygen atoms in total. The minimum absolute atomic E-state index is 1.16. The van der Waals surface area contributed by atoms with Crippen LogP contribution in [0.1, 0.15) is 20.3 Å². The van der Waals surface area contributed by atoms with Gasteiger partial charge in [0.05, 0.1) is 0 Å². The molecular formula is C9H17NS. The third-order valence-corrected chi connectivity index (χ3v) is 2.95.